The highest BCUT2D eigenvalue weighted by Gasteiger charge is 2.38. The Morgan fingerprint density at radius 2 is 2.00 bits per heavy atom. The van der Waals surface area contributed by atoms with Crippen molar-refractivity contribution in [2.45, 2.75) is 37.1 Å². The average molecular weight is 354 g/mol. The van der Waals surface area contributed by atoms with Gasteiger partial charge in [0.2, 0.25) is 10.0 Å². The van der Waals surface area contributed by atoms with E-state index in [-0.39, 0.29) is 21.4 Å². The van der Waals surface area contributed by atoms with E-state index in [4.69, 9.17) is 23.2 Å². The molecule has 0 radical (unpaired) electrons. The van der Waals surface area contributed by atoms with Gasteiger partial charge < -0.3 is 4.74 Å². The minimum atomic E-state index is -4.02. The third-order valence-electron chi connectivity index (χ3n) is 2.93. The van der Waals surface area contributed by atoms with Gasteiger partial charge in [-0.2, -0.15) is 4.72 Å². The molecule has 5 nitrogen and oxygen atoms in total. The molecule has 0 aliphatic carbocycles. The molecule has 0 bridgehead atoms. The Bertz CT molecular complexity index is 633. The van der Waals surface area contributed by atoms with Crippen LogP contribution in [0.25, 0.3) is 0 Å². The van der Waals surface area contributed by atoms with Gasteiger partial charge in [0.1, 0.15) is 10.4 Å². The van der Waals surface area contributed by atoms with Crippen molar-refractivity contribution in [2.75, 3.05) is 7.11 Å². The molecule has 0 aliphatic heterocycles. The zero-order valence-electron chi connectivity index (χ0n) is 11.9. The van der Waals surface area contributed by atoms with Crippen LogP contribution in [0.1, 0.15) is 26.7 Å². The van der Waals surface area contributed by atoms with Gasteiger partial charge in [0, 0.05) is 5.02 Å². The van der Waals surface area contributed by atoms with E-state index in [1.54, 1.807) is 0 Å². The second-order valence-corrected chi connectivity index (χ2v) is 7.25. The Morgan fingerprint density at radius 3 is 2.52 bits per heavy atom. The Labute approximate surface area is 134 Å². The van der Waals surface area contributed by atoms with E-state index in [2.05, 4.69) is 9.46 Å². The molecule has 1 aromatic carbocycles. The van der Waals surface area contributed by atoms with Gasteiger partial charge >= 0.3 is 5.97 Å². The summed E-state index contributed by atoms with van der Waals surface area (Å²) in [6.45, 7) is 3.31. The van der Waals surface area contributed by atoms with E-state index in [1.165, 1.54) is 32.2 Å². The van der Waals surface area contributed by atoms with Crippen molar-refractivity contribution in [1.82, 2.24) is 4.72 Å². The number of hydrogen-bond donors (Lipinski definition) is 1. The van der Waals surface area contributed by atoms with Crippen LogP contribution in [0.15, 0.2) is 23.1 Å². The SMILES string of the molecule is CCC[C@@](C)(NS(=O)(=O)c1cc(Cl)ccc1Cl)C(=O)OC. The molecular weight excluding hydrogens is 337 g/mol. The summed E-state index contributed by atoms with van der Waals surface area (Å²) >= 11 is 11.7. The fourth-order valence-electron chi connectivity index (χ4n) is 1.95. The molecule has 0 unspecified atom stereocenters. The molecule has 21 heavy (non-hydrogen) atoms. The summed E-state index contributed by atoms with van der Waals surface area (Å²) in [6.07, 6.45) is 0.883. The van der Waals surface area contributed by atoms with E-state index < -0.39 is 21.5 Å². The lowest BCUT2D eigenvalue weighted by atomic mass is 9.98. The van der Waals surface area contributed by atoms with Crippen LogP contribution in [0.3, 0.4) is 0 Å². The largest absolute Gasteiger partial charge is 0.468 e. The van der Waals surface area contributed by atoms with Crippen LogP contribution in [-0.4, -0.2) is 27.0 Å². The molecule has 0 amide bonds. The summed E-state index contributed by atoms with van der Waals surface area (Å²) in [4.78, 5) is 11.7. The number of hydrogen-bond acceptors (Lipinski definition) is 4. The van der Waals surface area contributed by atoms with Gasteiger partial charge in [-0.1, -0.05) is 36.5 Å². The van der Waals surface area contributed by atoms with Gasteiger partial charge in [0.25, 0.3) is 0 Å². The van der Waals surface area contributed by atoms with E-state index in [0.717, 1.165) is 0 Å². The standard InChI is InChI=1S/C13H17Cl2NO4S/c1-4-7-13(2,12(17)20-3)16-21(18,19)11-8-9(14)5-6-10(11)15/h5-6,8,16H,4,7H2,1-3H3/t13-/m1/s1. The normalized spacial score (nSPS) is 14.5. The molecule has 0 heterocycles. The van der Waals surface area contributed by atoms with Gasteiger partial charge in [0.15, 0.2) is 0 Å². The smallest absolute Gasteiger partial charge is 0.326 e. The molecule has 118 valence electrons. The minimum Gasteiger partial charge on any atom is -0.468 e. The van der Waals surface area contributed by atoms with Crippen molar-refractivity contribution in [2.24, 2.45) is 0 Å². The number of esters is 1. The zero-order valence-corrected chi connectivity index (χ0v) is 14.3. The Kier molecular flexibility index (Phi) is 6.04. The molecule has 0 spiro atoms. The number of carbonyl (C=O) groups is 1. The molecule has 1 aromatic rings. The Balaban J connectivity index is 3.24. The van der Waals surface area contributed by atoms with Crippen molar-refractivity contribution in [3.05, 3.63) is 28.2 Å². The van der Waals surface area contributed by atoms with Gasteiger partial charge in [0.05, 0.1) is 12.1 Å². The summed E-state index contributed by atoms with van der Waals surface area (Å²) in [6, 6.07) is 4.10. The van der Waals surface area contributed by atoms with Crippen LogP contribution in [0.4, 0.5) is 0 Å². The number of halogens is 2. The number of nitrogens with one attached hydrogen (secondary N) is 1. The van der Waals surface area contributed by atoms with Crippen molar-refractivity contribution >= 4 is 39.2 Å². The second-order valence-electron chi connectivity index (χ2n) is 4.75. The molecular formula is C13H17Cl2NO4S. The number of methoxy groups -OCH3 is 1. The predicted molar refractivity (Wildman–Crippen MR) is 82.1 cm³/mol. The summed E-state index contributed by atoms with van der Waals surface area (Å²) < 4.78 is 31.9. The van der Waals surface area contributed by atoms with Crippen LogP contribution >= 0.6 is 23.2 Å². The van der Waals surface area contributed by atoms with Gasteiger partial charge in [-0.05, 0) is 31.5 Å². The maximum Gasteiger partial charge on any atom is 0.326 e. The fourth-order valence-corrected chi connectivity index (χ4v) is 4.11. The first kappa shape index (κ1) is 18.2. The molecule has 0 saturated heterocycles. The van der Waals surface area contributed by atoms with Gasteiger partial charge in [-0.3, -0.25) is 4.79 Å². The molecule has 8 heteroatoms. The van der Waals surface area contributed by atoms with Crippen molar-refractivity contribution < 1.29 is 17.9 Å². The lowest BCUT2D eigenvalue weighted by Crippen LogP contribution is -2.52. The van der Waals surface area contributed by atoms with E-state index in [1.807, 2.05) is 6.92 Å². The van der Waals surface area contributed by atoms with E-state index in [0.29, 0.717) is 6.42 Å². The third kappa shape index (κ3) is 4.32. The van der Waals surface area contributed by atoms with Crippen molar-refractivity contribution in [3.8, 4) is 0 Å². The highest BCUT2D eigenvalue weighted by molar-refractivity contribution is 7.89. The van der Waals surface area contributed by atoms with Crippen molar-refractivity contribution in [1.29, 1.82) is 0 Å². The first-order valence-corrected chi connectivity index (χ1v) is 8.47. The molecule has 1 N–H and O–H groups in total. The zero-order chi connectivity index (χ0) is 16.3. The maximum atomic E-state index is 12.5. The maximum absolute atomic E-state index is 12.5. The topological polar surface area (TPSA) is 72.5 Å². The molecule has 0 fully saturated rings. The minimum absolute atomic E-state index is 0.0237. The number of rotatable bonds is 6. The highest BCUT2D eigenvalue weighted by Crippen LogP contribution is 2.27. The Hall–Kier alpha value is -0.820. The van der Waals surface area contributed by atoms with Crippen LogP contribution in [0.5, 0.6) is 0 Å². The van der Waals surface area contributed by atoms with Gasteiger partial charge in [-0.25, -0.2) is 8.42 Å². The molecule has 0 aromatic heterocycles. The first-order valence-electron chi connectivity index (χ1n) is 6.23. The number of sulfonamides is 1. The molecule has 0 aliphatic rings. The molecule has 1 atom stereocenters. The van der Waals surface area contributed by atoms with Crippen LogP contribution in [0.2, 0.25) is 10.0 Å². The number of ether oxygens (including phenoxy) is 1. The second kappa shape index (κ2) is 6.96. The number of benzene rings is 1. The average Bonchev–Trinajstić information content (AvgIpc) is 2.40. The quantitative estimate of drug-likeness (QED) is 0.797. The first-order chi connectivity index (χ1) is 9.66. The van der Waals surface area contributed by atoms with E-state index in [9.17, 15) is 13.2 Å². The van der Waals surface area contributed by atoms with E-state index >= 15 is 0 Å². The summed E-state index contributed by atoms with van der Waals surface area (Å²) in [5, 5.41) is 0.255. The van der Waals surface area contributed by atoms with Crippen molar-refractivity contribution in [3.63, 3.8) is 0 Å². The summed E-state index contributed by atoms with van der Waals surface area (Å²) in [5.74, 6) is -0.661. The van der Waals surface area contributed by atoms with Crippen LogP contribution in [0, 0.1) is 0 Å². The third-order valence-corrected chi connectivity index (χ3v) is 5.24. The van der Waals surface area contributed by atoms with Crippen LogP contribution < -0.4 is 4.72 Å². The summed E-state index contributed by atoms with van der Waals surface area (Å²) in [7, 11) is -2.81. The summed E-state index contributed by atoms with van der Waals surface area (Å²) in [5.41, 5.74) is -1.37. The molecule has 0 saturated carbocycles. The van der Waals surface area contributed by atoms with Crippen LogP contribution in [-0.2, 0) is 19.6 Å². The monoisotopic (exact) mass is 353 g/mol. The van der Waals surface area contributed by atoms with Gasteiger partial charge in [-0.15, -0.1) is 0 Å². The number of carbonyl (C=O) groups excluding carboxylic acids is 1. The molecule has 1 rings (SSSR count). The lowest BCUT2D eigenvalue weighted by Gasteiger charge is -2.27. The lowest BCUT2D eigenvalue weighted by molar-refractivity contribution is -0.147. The highest BCUT2D eigenvalue weighted by atomic mass is 35.5. The predicted octanol–water partition coefficient (Wildman–Crippen LogP) is 3.00. The Morgan fingerprint density at radius 1 is 1.38 bits per heavy atom. The fraction of sp³-hybridized carbons (Fsp3) is 0.462.